The van der Waals surface area contributed by atoms with Crippen LogP contribution in [0.5, 0.6) is 0 Å². The van der Waals surface area contributed by atoms with Crippen LogP contribution in [0, 0.1) is 17.4 Å². The number of hydrogen-bond donors (Lipinski definition) is 0. The summed E-state index contributed by atoms with van der Waals surface area (Å²) in [5, 5.41) is 10.5. The highest BCUT2D eigenvalue weighted by Crippen LogP contribution is 2.32. The number of nitriles is 1. The molecular weight excluding hydrogens is 232 g/mol. The van der Waals surface area contributed by atoms with Crippen LogP contribution < -0.4 is 0 Å². The molecule has 0 aliphatic heterocycles. The molecule has 1 radical (unpaired) electrons. The maximum atomic E-state index is 9.51. The summed E-state index contributed by atoms with van der Waals surface area (Å²) in [6.07, 6.45) is 0. The van der Waals surface area contributed by atoms with Gasteiger partial charge < -0.3 is 4.57 Å². The first-order valence-corrected chi connectivity index (χ1v) is 6.35. The van der Waals surface area contributed by atoms with Crippen molar-refractivity contribution in [3.8, 4) is 17.3 Å². The molecule has 0 fully saturated rings. The Bertz CT molecular complexity index is 761. The number of aromatic nitrogens is 1. The fraction of sp³-hybridized carbons (Fsp3) is 0.118. The largest absolute Gasteiger partial charge is 0.340 e. The van der Waals surface area contributed by atoms with Gasteiger partial charge in [0.2, 0.25) is 0 Å². The summed E-state index contributed by atoms with van der Waals surface area (Å²) in [5.41, 5.74) is 3.78. The summed E-state index contributed by atoms with van der Waals surface area (Å²) in [4.78, 5) is 0. The molecule has 1 aromatic heterocycles. The maximum absolute atomic E-state index is 9.51. The van der Waals surface area contributed by atoms with Crippen LogP contribution in [-0.4, -0.2) is 4.57 Å². The minimum Gasteiger partial charge on any atom is -0.340 e. The average Bonchev–Trinajstić information content (AvgIpc) is 2.81. The van der Waals surface area contributed by atoms with E-state index in [0.717, 1.165) is 34.3 Å². The molecule has 0 amide bonds. The molecule has 2 aromatic carbocycles. The van der Waals surface area contributed by atoms with Crippen LogP contribution in [0.1, 0.15) is 12.5 Å². The van der Waals surface area contributed by atoms with Crippen molar-refractivity contribution in [1.29, 1.82) is 5.26 Å². The highest BCUT2D eigenvalue weighted by Gasteiger charge is 2.16. The van der Waals surface area contributed by atoms with E-state index in [4.69, 9.17) is 0 Å². The summed E-state index contributed by atoms with van der Waals surface area (Å²) < 4.78 is 2.18. The van der Waals surface area contributed by atoms with Gasteiger partial charge in [-0.3, -0.25) is 0 Å². The van der Waals surface area contributed by atoms with E-state index in [1.165, 1.54) is 0 Å². The summed E-state index contributed by atoms with van der Waals surface area (Å²) in [6.45, 7) is 2.93. The summed E-state index contributed by atoms with van der Waals surface area (Å²) in [5.74, 6) is 0. The van der Waals surface area contributed by atoms with Crippen LogP contribution in [0.3, 0.4) is 0 Å². The molecule has 2 nitrogen and oxygen atoms in total. The Morgan fingerprint density at radius 2 is 1.95 bits per heavy atom. The number of aryl methyl sites for hydroxylation is 1. The van der Waals surface area contributed by atoms with Crippen molar-refractivity contribution in [3.63, 3.8) is 0 Å². The number of nitrogens with zero attached hydrogens (tertiary/aromatic N) is 2. The number of hydrogen-bond acceptors (Lipinski definition) is 1. The zero-order chi connectivity index (χ0) is 13.2. The van der Waals surface area contributed by atoms with Gasteiger partial charge in [-0.05, 0) is 19.1 Å². The molecule has 0 spiro atoms. The molecule has 91 valence electrons. The predicted molar refractivity (Wildman–Crippen MR) is 76.6 cm³/mol. The maximum Gasteiger partial charge on any atom is 0.102 e. The lowest BCUT2D eigenvalue weighted by Crippen LogP contribution is -1.97. The topological polar surface area (TPSA) is 28.7 Å². The zero-order valence-electron chi connectivity index (χ0n) is 10.7. The Labute approximate surface area is 112 Å². The van der Waals surface area contributed by atoms with Crippen LogP contribution >= 0.6 is 0 Å². The van der Waals surface area contributed by atoms with Crippen LogP contribution in [0.15, 0.2) is 48.5 Å². The summed E-state index contributed by atoms with van der Waals surface area (Å²) >= 11 is 0. The predicted octanol–water partition coefficient (Wildman–Crippen LogP) is 4.00. The van der Waals surface area contributed by atoms with Gasteiger partial charge in [-0.25, -0.2) is 0 Å². The molecule has 3 aromatic rings. The number of para-hydroxylation sites is 1. The van der Waals surface area contributed by atoms with Crippen LogP contribution in [0.4, 0.5) is 0 Å². The van der Waals surface area contributed by atoms with E-state index in [0.29, 0.717) is 0 Å². The lowest BCUT2D eigenvalue weighted by atomic mass is 10.1. The molecule has 19 heavy (non-hydrogen) atoms. The van der Waals surface area contributed by atoms with Gasteiger partial charge in [-0.1, -0.05) is 42.5 Å². The van der Waals surface area contributed by atoms with Gasteiger partial charge in [0.1, 0.15) is 6.07 Å². The molecule has 0 saturated carbocycles. The van der Waals surface area contributed by atoms with Gasteiger partial charge in [0.25, 0.3) is 0 Å². The normalized spacial score (nSPS) is 10.5. The van der Waals surface area contributed by atoms with Crippen LogP contribution in [-0.2, 0) is 6.54 Å². The summed E-state index contributed by atoms with van der Waals surface area (Å²) in [6, 6.07) is 21.4. The monoisotopic (exact) mass is 245 g/mol. The molecule has 0 unspecified atom stereocenters. The first kappa shape index (κ1) is 11.6. The summed E-state index contributed by atoms with van der Waals surface area (Å²) in [7, 11) is 0. The van der Waals surface area contributed by atoms with Crippen molar-refractivity contribution < 1.29 is 0 Å². The van der Waals surface area contributed by atoms with Gasteiger partial charge >= 0.3 is 0 Å². The Morgan fingerprint density at radius 3 is 2.63 bits per heavy atom. The van der Waals surface area contributed by atoms with E-state index in [1.54, 1.807) is 0 Å². The molecule has 0 atom stereocenters. The van der Waals surface area contributed by atoms with Crippen molar-refractivity contribution in [2.75, 3.05) is 0 Å². The van der Waals surface area contributed by atoms with Gasteiger partial charge in [-0.15, -0.1) is 0 Å². The van der Waals surface area contributed by atoms with E-state index in [-0.39, 0.29) is 0 Å². The minimum absolute atomic E-state index is 0.736. The average molecular weight is 245 g/mol. The van der Waals surface area contributed by atoms with Gasteiger partial charge in [0.15, 0.2) is 0 Å². The number of fused-ring (bicyclic) bond motifs is 1. The van der Waals surface area contributed by atoms with E-state index in [1.807, 2.05) is 42.5 Å². The standard InChI is InChI=1S/C17H13N2/c1-2-19-16-11-7-6-10-14(16)15(12-18)17(19)13-8-4-3-5-9-13/h3-8,10-11H,2H2,1H3. The lowest BCUT2D eigenvalue weighted by molar-refractivity contribution is 0.804. The van der Waals surface area contributed by atoms with Crippen molar-refractivity contribution in [3.05, 3.63) is 60.2 Å². The highest BCUT2D eigenvalue weighted by atomic mass is 15.0. The van der Waals surface area contributed by atoms with Crippen molar-refractivity contribution in [2.45, 2.75) is 13.5 Å². The fourth-order valence-corrected chi connectivity index (χ4v) is 2.57. The molecule has 0 N–H and O–H groups in total. The van der Waals surface area contributed by atoms with Gasteiger partial charge in [-0.2, -0.15) is 5.26 Å². The number of benzene rings is 2. The van der Waals surface area contributed by atoms with E-state index >= 15 is 0 Å². The minimum atomic E-state index is 0.736. The molecule has 2 heteroatoms. The van der Waals surface area contributed by atoms with Gasteiger partial charge in [0.05, 0.1) is 11.3 Å². The smallest absolute Gasteiger partial charge is 0.102 e. The molecule has 1 heterocycles. The van der Waals surface area contributed by atoms with Crippen molar-refractivity contribution >= 4 is 10.9 Å². The SMILES string of the molecule is CCn1c(-c2[c]cccc2)c(C#N)c2ccccc21. The molecule has 0 aliphatic rings. The Kier molecular flexibility index (Phi) is 2.81. The zero-order valence-corrected chi connectivity index (χ0v) is 10.7. The molecular formula is C17H13N2. The Hall–Kier alpha value is -2.53. The second kappa shape index (κ2) is 4.62. The first-order chi connectivity index (χ1) is 9.36. The lowest BCUT2D eigenvalue weighted by Gasteiger charge is -2.07. The molecule has 3 rings (SSSR count). The highest BCUT2D eigenvalue weighted by molar-refractivity contribution is 5.94. The number of rotatable bonds is 2. The van der Waals surface area contributed by atoms with Crippen LogP contribution in [0.2, 0.25) is 0 Å². The third kappa shape index (κ3) is 1.71. The van der Waals surface area contributed by atoms with Gasteiger partial charge in [0, 0.05) is 23.0 Å². The Morgan fingerprint density at radius 1 is 1.16 bits per heavy atom. The Balaban J connectivity index is 2.44. The fourth-order valence-electron chi connectivity index (χ4n) is 2.57. The van der Waals surface area contributed by atoms with E-state index in [2.05, 4.69) is 29.7 Å². The molecule has 0 saturated heterocycles. The van der Waals surface area contributed by atoms with Crippen molar-refractivity contribution in [2.24, 2.45) is 0 Å². The van der Waals surface area contributed by atoms with Crippen LogP contribution in [0.25, 0.3) is 22.2 Å². The molecule has 0 bridgehead atoms. The molecule has 0 aliphatic carbocycles. The third-order valence-corrected chi connectivity index (χ3v) is 3.36. The van der Waals surface area contributed by atoms with Crippen molar-refractivity contribution in [1.82, 2.24) is 4.57 Å². The third-order valence-electron chi connectivity index (χ3n) is 3.36. The second-order valence-electron chi connectivity index (χ2n) is 4.37. The second-order valence-corrected chi connectivity index (χ2v) is 4.37. The first-order valence-electron chi connectivity index (χ1n) is 6.35. The van der Waals surface area contributed by atoms with E-state index < -0.39 is 0 Å². The quantitative estimate of drug-likeness (QED) is 0.670. The van der Waals surface area contributed by atoms with E-state index in [9.17, 15) is 5.26 Å².